The lowest BCUT2D eigenvalue weighted by atomic mass is 10.1. The largest absolute Gasteiger partial charge is 0.497 e. The van der Waals surface area contributed by atoms with Crippen LogP contribution in [0.3, 0.4) is 0 Å². The Kier molecular flexibility index (Phi) is 6.83. The Bertz CT molecular complexity index is 1750. The number of fused-ring (bicyclic) bond motifs is 3. The standard InChI is InChI=1S/C29H29N5O4/c1-19(2)16-30-26(35)22-12-13-24-25(15-22)34-28(32(27(24)36)17-20-8-5-4-6-9-20)31-33(29(34)37)18-21-10-7-11-23(14-21)38-3/h4-15,19H,16-18H2,1-3H3,(H,30,35). The average Bonchev–Trinajstić information content (AvgIpc) is 3.25. The Morgan fingerprint density at radius 1 is 0.947 bits per heavy atom. The predicted octanol–water partition coefficient (Wildman–Crippen LogP) is 3.30. The summed E-state index contributed by atoms with van der Waals surface area (Å²) >= 11 is 0. The zero-order chi connectivity index (χ0) is 26.8. The fourth-order valence-electron chi connectivity index (χ4n) is 4.41. The molecule has 5 rings (SSSR count). The number of hydrogen-bond acceptors (Lipinski definition) is 5. The first-order valence-corrected chi connectivity index (χ1v) is 12.5. The van der Waals surface area contributed by atoms with Crippen LogP contribution in [0.15, 0.2) is 82.4 Å². The molecule has 0 saturated heterocycles. The minimum atomic E-state index is -0.408. The van der Waals surface area contributed by atoms with Crippen molar-refractivity contribution in [2.45, 2.75) is 26.9 Å². The van der Waals surface area contributed by atoms with Gasteiger partial charge in [0.1, 0.15) is 5.75 Å². The Hall–Kier alpha value is -4.66. The van der Waals surface area contributed by atoms with Gasteiger partial charge in [-0.1, -0.05) is 56.3 Å². The molecular weight excluding hydrogens is 482 g/mol. The van der Waals surface area contributed by atoms with Gasteiger partial charge in [0.25, 0.3) is 11.5 Å². The Balaban J connectivity index is 1.71. The molecular formula is C29H29N5O4. The molecule has 3 aromatic carbocycles. The van der Waals surface area contributed by atoms with Gasteiger partial charge in [0, 0.05) is 12.1 Å². The van der Waals surface area contributed by atoms with Gasteiger partial charge >= 0.3 is 5.69 Å². The number of aromatic nitrogens is 4. The van der Waals surface area contributed by atoms with Crippen LogP contribution in [-0.2, 0) is 13.1 Å². The molecule has 9 heteroatoms. The summed E-state index contributed by atoms with van der Waals surface area (Å²) in [7, 11) is 1.58. The molecule has 1 N–H and O–H groups in total. The van der Waals surface area contributed by atoms with Crippen LogP contribution in [0, 0.1) is 5.92 Å². The molecule has 1 amide bonds. The van der Waals surface area contributed by atoms with Crippen molar-refractivity contribution in [2.75, 3.05) is 13.7 Å². The first kappa shape index (κ1) is 25.0. The molecule has 0 aliphatic heterocycles. The summed E-state index contributed by atoms with van der Waals surface area (Å²) in [4.78, 5) is 40.2. The molecule has 9 nitrogen and oxygen atoms in total. The SMILES string of the molecule is COc1cccc(Cn2nc3n(Cc4ccccc4)c(=O)c4ccc(C(=O)NCC(C)C)cc4n3c2=O)c1. The van der Waals surface area contributed by atoms with Crippen LogP contribution in [0.5, 0.6) is 5.75 Å². The summed E-state index contributed by atoms with van der Waals surface area (Å²) in [5.41, 5.74) is 1.74. The Morgan fingerprint density at radius 3 is 2.45 bits per heavy atom. The van der Waals surface area contributed by atoms with Crippen LogP contribution in [0.4, 0.5) is 0 Å². The smallest absolute Gasteiger partial charge is 0.352 e. The normalized spacial score (nSPS) is 11.4. The highest BCUT2D eigenvalue weighted by Crippen LogP contribution is 2.17. The minimum absolute atomic E-state index is 0.188. The Morgan fingerprint density at radius 2 is 1.71 bits per heavy atom. The molecule has 2 heterocycles. The van der Waals surface area contributed by atoms with Crippen LogP contribution < -0.4 is 21.3 Å². The van der Waals surface area contributed by atoms with E-state index in [9.17, 15) is 14.4 Å². The summed E-state index contributed by atoms with van der Waals surface area (Å²) in [5, 5.41) is 7.81. The van der Waals surface area contributed by atoms with Gasteiger partial charge in [-0.2, -0.15) is 0 Å². The maximum atomic E-state index is 13.7. The fraction of sp³-hybridized carbons (Fsp3) is 0.241. The van der Waals surface area contributed by atoms with Crippen LogP contribution in [0.2, 0.25) is 0 Å². The van der Waals surface area contributed by atoms with E-state index < -0.39 is 5.69 Å². The zero-order valence-electron chi connectivity index (χ0n) is 21.5. The van der Waals surface area contributed by atoms with Gasteiger partial charge in [-0.3, -0.25) is 14.2 Å². The molecule has 0 atom stereocenters. The highest BCUT2D eigenvalue weighted by atomic mass is 16.5. The molecule has 2 aromatic heterocycles. The third-order valence-corrected chi connectivity index (χ3v) is 6.36. The molecule has 0 unspecified atom stereocenters. The Labute approximate surface area is 218 Å². The van der Waals surface area contributed by atoms with Crippen molar-refractivity contribution in [2.24, 2.45) is 5.92 Å². The van der Waals surface area contributed by atoms with Crippen LogP contribution in [0.1, 0.15) is 35.3 Å². The van der Waals surface area contributed by atoms with E-state index >= 15 is 0 Å². The molecule has 38 heavy (non-hydrogen) atoms. The van der Waals surface area contributed by atoms with Gasteiger partial charge < -0.3 is 10.1 Å². The quantitative estimate of drug-likeness (QED) is 0.345. The first-order chi connectivity index (χ1) is 18.4. The van der Waals surface area contributed by atoms with Crippen molar-refractivity contribution in [3.63, 3.8) is 0 Å². The number of nitrogens with zero attached hydrogens (tertiary/aromatic N) is 4. The summed E-state index contributed by atoms with van der Waals surface area (Å²) in [6.45, 7) is 4.97. The van der Waals surface area contributed by atoms with E-state index in [2.05, 4.69) is 10.4 Å². The van der Waals surface area contributed by atoms with Crippen LogP contribution in [-0.4, -0.2) is 38.3 Å². The second kappa shape index (κ2) is 10.4. The van der Waals surface area contributed by atoms with Crippen LogP contribution >= 0.6 is 0 Å². The van der Waals surface area contributed by atoms with Gasteiger partial charge in [-0.05, 0) is 47.4 Å². The number of rotatable bonds is 8. The van der Waals surface area contributed by atoms with E-state index in [4.69, 9.17) is 4.74 Å². The van der Waals surface area contributed by atoms with E-state index in [1.165, 1.54) is 13.6 Å². The minimum Gasteiger partial charge on any atom is -0.497 e. The summed E-state index contributed by atoms with van der Waals surface area (Å²) in [6.07, 6.45) is 0. The van der Waals surface area contributed by atoms with Gasteiger partial charge in [-0.25, -0.2) is 13.9 Å². The molecule has 0 aliphatic carbocycles. The van der Waals surface area contributed by atoms with Gasteiger partial charge in [0.2, 0.25) is 5.78 Å². The summed E-state index contributed by atoms with van der Waals surface area (Å²) in [6, 6.07) is 21.7. The first-order valence-electron chi connectivity index (χ1n) is 12.5. The molecule has 0 bridgehead atoms. The molecule has 194 valence electrons. The van der Waals surface area contributed by atoms with Gasteiger partial charge in [-0.15, -0.1) is 5.10 Å². The number of methoxy groups -OCH3 is 1. The third-order valence-electron chi connectivity index (χ3n) is 6.36. The number of amides is 1. The number of carbonyl (C=O) groups is 1. The maximum Gasteiger partial charge on any atom is 0.352 e. The molecule has 0 radical (unpaired) electrons. The number of nitrogens with one attached hydrogen (secondary N) is 1. The topological polar surface area (TPSA) is 99.6 Å². The third kappa shape index (κ3) is 4.82. The summed E-state index contributed by atoms with van der Waals surface area (Å²) in [5.74, 6) is 0.898. The molecule has 0 saturated carbocycles. The lowest BCUT2D eigenvalue weighted by Gasteiger charge is -2.11. The van der Waals surface area contributed by atoms with E-state index in [1.54, 1.807) is 25.3 Å². The summed E-state index contributed by atoms with van der Waals surface area (Å²) < 4.78 is 9.56. The van der Waals surface area contributed by atoms with Crippen molar-refractivity contribution in [1.82, 2.24) is 24.1 Å². The second-order valence-electron chi connectivity index (χ2n) is 9.64. The average molecular weight is 512 g/mol. The predicted molar refractivity (Wildman–Crippen MR) is 146 cm³/mol. The fourth-order valence-corrected chi connectivity index (χ4v) is 4.41. The highest BCUT2D eigenvalue weighted by molar-refractivity contribution is 5.98. The van der Waals surface area contributed by atoms with E-state index in [1.807, 2.05) is 68.4 Å². The van der Waals surface area contributed by atoms with E-state index in [-0.39, 0.29) is 36.3 Å². The van der Waals surface area contributed by atoms with Gasteiger partial charge in [0.15, 0.2) is 0 Å². The number of carbonyl (C=O) groups excluding carboxylic acids is 1. The van der Waals surface area contributed by atoms with E-state index in [0.717, 1.165) is 11.1 Å². The molecule has 0 spiro atoms. The maximum absolute atomic E-state index is 13.7. The van der Waals surface area contributed by atoms with Crippen molar-refractivity contribution in [3.8, 4) is 5.75 Å². The monoisotopic (exact) mass is 511 g/mol. The van der Waals surface area contributed by atoms with Crippen molar-refractivity contribution in [3.05, 3.63) is 110 Å². The number of hydrogen-bond donors (Lipinski definition) is 1. The lowest BCUT2D eigenvalue weighted by molar-refractivity contribution is 0.0949. The van der Waals surface area contributed by atoms with Crippen molar-refractivity contribution in [1.29, 1.82) is 0 Å². The number of ether oxygens (including phenoxy) is 1. The zero-order valence-corrected chi connectivity index (χ0v) is 21.5. The second-order valence-corrected chi connectivity index (χ2v) is 9.64. The van der Waals surface area contributed by atoms with Gasteiger partial charge in [0.05, 0.1) is 31.1 Å². The molecule has 0 fully saturated rings. The van der Waals surface area contributed by atoms with Crippen molar-refractivity contribution < 1.29 is 9.53 Å². The van der Waals surface area contributed by atoms with E-state index in [0.29, 0.717) is 28.8 Å². The number of benzene rings is 3. The van der Waals surface area contributed by atoms with Crippen molar-refractivity contribution >= 4 is 22.6 Å². The van der Waals surface area contributed by atoms with Crippen LogP contribution in [0.25, 0.3) is 16.7 Å². The molecule has 5 aromatic rings. The highest BCUT2D eigenvalue weighted by Gasteiger charge is 2.19. The molecule has 0 aliphatic rings. The lowest BCUT2D eigenvalue weighted by Crippen LogP contribution is -2.29.